The summed E-state index contributed by atoms with van der Waals surface area (Å²) in [4.78, 5) is 28.5. The molecule has 0 unspecified atom stereocenters. The molecular formula is C27H21ClN2O5. The molecule has 7 nitrogen and oxygen atoms in total. The van der Waals surface area contributed by atoms with E-state index in [0.717, 1.165) is 16.5 Å². The van der Waals surface area contributed by atoms with E-state index in [1.54, 1.807) is 49.6 Å². The van der Waals surface area contributed by atoms with Gasteiger partial charge in [-0.15, -0.1) is 0 Å². The predicted molar refractivity (Wildman–Crippen MR) is 135 cm³/mol. The first-order valence-corrected chi connectivity index (χ1v) is 11.3. The zero-order chi connectivity index (χ0) is 24.4. The van der Waals surface area contributed by atoms with Crippen molar-refractivity contribution in [2.24, 2.45) is 0 Å². The number of carbonyl (C=O) groups excluding carboxylic acids is 1. The smallest absolute Gasteiger partial charge is 0.251 e. The Morgan fingerprint density at radius 1 is 1.03 bits per heavy atom. The lowest BCUT2D eigenvalue weighted by atomic mass is 10.1. The van der Waals surface area contributed by atoms with Gasteiger partial charge in [0.2, 0.25) is 11.2 Å². The van der Waals surface area contributed by atoms with Crippen LogP contribution in [0.25, 0.3) is 21.9 Å². The molecule has 0 atom stereocenters. The fourth-order valence-corrected chi connectivity index (χ4v) is 4.03. The van der Waals surface area contributed by atoms with Gasteiger partial charge in [-0.3, -0.25) is 9.59 Å². The van der Waals surface area contributed by atoms with Crippen LogP contribution < -0.4 is 20.2 Å². The minimum Gasteiger partial charge on any atom is -0.497 e. The number of halogens is 1. The van der Waals surface area contributed by atoms with E-state index in [-0.39, 0.29) is 17.1 Å². The number of H-pyrrole nitrogens is 1. The van der Waals surface area contributed by atoms with E-state index in [1.165, 1.54) is 6.26 Å². The van der Waals surface area contributed by atoms with Gasteiger partial charge in [-0.1, -0.05) is 11.6 Å². The summed E-state index contributed by atoms with van der Waals surface area (Å²) in [6, 6.07) is 17.2. The molecule has 5 rings (SSSR count). The van der Waals surface area contributed by atoms with Gasteiger partial charge in [-0.2, -0.15) is 0 Å². The van der Waals surface area contributed by atoms with Crippen LogP contribution in [-0.2, 0) is 6.42 Å². The molecule has 0 fully saturated rings. The Balaban J connectivity index is 1.22. The largest absolute Gasteiger partial charge is 0.497 e. The van der Waals surface area contributed by atoms with Crippen LogP contribution >= 0.6 is 11.6 Å². The number of hydrogen-bond acceptors (Lipinski definition) is 5. The van der Waals surface area contributed by atoms with Crippen LogP contribution in [0.15, 0.2) is 82.3 Å². The Morgan fingerprint density at radius 2 is 1.83 bits per heavy atom. The predicted octanol–water partition coefficient (Wildman–Crippen LogP) is 5.70. The summed E-state index contributed by atoms with van der Waals surface area (Å²) in [5.74, 6) is 0.860. The Morgan fingerprint density at radius 3 is 2.63 bits per heavy atom. The highest BCUT2D eigenvalue weighted by Crippen LogP contribution is 2.25. The average molecular weight is 489 g/mol. The van der Waals surface area contributed by atoms with Crippen LogP contribution in [0, 0.1) is 0 Å². The van der Waals surface area contributed by atoms with Gasteiger partial charge >= 0.3 is 0 Å². The first kappa shape index (κ1) is 22.6. The van der Waals surface area contributed by atoms with Crippen molar-refractivity contribution < 1.29 is 18.7 Å². The van der Waals surface area contributed by atoms with E-state index >= 15 is 0 Å². The zero-order valence-electron chi connectivity index (χ0n) is 18.8. The van der Waals surface area contributed by atoms with Crippen LogP contribution in [0.5, 0.6) is 17.2 Å². The number of carbonyl (C=O) groups is 1. The molecule has 0 saturated carbocycles. The maximum Gasteiger partial charge on any atom is 0.251 e. The molecule has 0 saturated heterocycles. The number of ether oxygens (including phenoxy) is 2. The van der Waals surface area contributed by atoms with Gasteiger partial charge in [0.1, 0.15) is 23.3 Å². The van der Waals surface area contributed by atoms with Crippen LogP contribution in [0.2, 0.25) is 5.02 Å². The topological polar surface area (TPSA) is 93.6 Å². The summed E-state index contributed by atoms with van der Waals surface area (Å²) in [7, 11) is 1.54. The fraction of sp³-hybridized carbons (Fsp3) is 0.111. The molecule has 5 aromatic rings. The monoisotopic (exact) mass is 488 g/mol. The highest BCUT2D eigenvalue weighted by molar-refractivity contribution is 6.31. The van der Waals surface area contributed by atoms with Crippen molar-refractivity contribution in [1.82, 2.24) is 10.3 Å². The molecule has 0 bridgehead atoms. The molecular weight excluding hydrogens is 468 g/mol. The number of methoxy groups -OCH3 is 1. The van der Waals surface area contributed by atoms with Gasteiger partial charge in [0, 0.05) is 40.3 Å². The van der Waals surface area contributed by atoms with E-state index in [1.807, 2.05) is 24.4 Å². The number of hydrogen-bond donors (Lipinski definition) is 2. The Hall–Kier alpha value is -4.23. The summed E-state index contributed by atoms with van der Waals surface area (Å²) in [6.07, 6.45) is 3.86. The lowest BCUT2D eigenvalue weighted by molar-refractivity contribution is 0.0954. The summed E-state index contributed by atoms with van der Waals surface area (Å²) in [5, 5.41) is 5.03. The summed E-state index contributed by atoms with van der Waals surface area (Å²) in [5.41, 5.74) is 2.68. The van der Waals surface area contributed by atoms with E-state index < -0.39 is 0 Å². The standard InChI is InChI=1S/C27H21ClN2O5/c1-33-20-7-8-21-24(13-20)34-15-25(26(21)31)35-19-5-2-16(3-6-19)27(32)29-11-10-17-14-30-23-9-4-18(28)12-22(17)23/h2-9,12-15,30H,10-11H2,1H3,(H,29,32). The summed E-state index contributed by atoms with van der Waals surface area (Å²) < 4.78 is 16.4. The average Bonchev–Trinajstić information content (AvgIpc) is 3.27. The third-order valence-electron chi connectivity index (χ3n) is 5.70. The molecule has 2 N–H and O–H groups in total. The number of rotatable bonds is 7. The van der Waals surface area contributed by atoms with Gasteiger partial charge < -0.3 is 24.2 Å². The quantitative estimate of drug-likeness (QED) is 0.306. The second kappa shape index (κ2) is 9.56. The maximum atomic E-state index is 12.7. The molecule has 0 aliphatic carbocycles. The number of amides is 1. The molecule has 3 aromatic carbocycles. The first-order valence-electron chi connectivity index (χ1n) is 10.9. The second-order valence-electron chi connectivity index (χ2n) is 7.93. The van der Waals surface area contributed by atoms with Crippen LogP contribution in [0.4, 0.5) is 0 Å². The minimum absolute atomic E-state index is 0.0544. The Labute approximate surface area is 205 Å². The number of aromatic amines is 1. The van der Waals surface area contributed by atoms with Gasteiger partial charge in [-0.25, -0.2) is 0 Å². The summed E-state index contributed by atoms with van der Waals surface area (Å²) in [6.45, 7) is 0.472. The fourth-order valence-electron chi connectivity index (χ4n) is 3.86. The van der Waals surface area contributed by atoms with Crippen LogP contribution in [0.1, 0.15) is 15.9 Å². The Bertz CT molecular complexity index is 1590. The van der Waals surface area contributed by atoms with E-state index in [4.69, 9.17) is 25.5 Å². The molecule has 1 amide bonds. The normalized spacial score (nSPS) is 11.0. The molecule has 0 aliphatic heterocycles. The second-order valence-corrected chi connectivity index (χ2v) is 8.36. The third-order valence-corrected chi connectivity index (χ3v) is 5.94. The molecule has 2 aromatic heterocycles. The number of aromatic nitrogens is 1. The third kappa shape index (κ3) is 4.72. The molecule has 2 heterocycles. The van der Waals surface area contributed by atoms with Gasteiger partial charge in [0.25, 0.3) is 5.91 Å². The lowest BCUT2D eigenvalue weighted by Crippen LogP contribution is -2.25. The van der Waals surface area contributed by atoms with Crippen molar-refractivity contribution in [1.29, 1.82) is 0 Å². The van der Waals surface area contributed by atoms with Crippen molar-refractivity contribution in [3.05, 3.63) is 99.5 Å². The molecule has 0 aliphatic rings. The Kier molecular flexibility index (Phi) is 6.16. The molecule has 176 valence electrons. The highest BCUT2D eigenvalue weighted by atomic mass is 35.5. The number of benzene rings is 3. The van der Waals surface area contributed by atoms with Gasteiger partial charge in [-0.05, 0) is 66.6 Å². The maximum absolute atomic E-state index is 12.7. The summed E-state index contributed by atoms with van der Waals surface area (Å²) >= 11 is 6.10. The van der Waals surface area contributed by atoms with Crippen molar-refractivity contribution in [3.63, 3.8) is 0 Å². The van der Waals surface area contributed by atoms with Crippen molar-refractivity contribution in [2.45, 2.75) is 6.42 Å². The molecule has 8 heteroatoms. The molecule has 35 heavy (non-hydrogen) atoms. The van der Waals surface area contributed by atoms with Gasteiger partial charge in [0.05, 0.1) is 12.5 Å². The van der Waals surface area contributed by atoms with Crippen molar-refractivity contribution in [2.75, 3.05) is 13.7 Å². The van der Waals surface area contributed by atoms with Crippen LogP contribution in [0.3, 0.4) is 0 Å². The van der Waals surface area contributed by atoms with E-state index in [2.05, 4.69) is 10.3 Å². The number of nitrogens with one attached hydrogen (secondary N) is 2. The van der Waals surface area contributed by atoms with Gasteiger partial charge in [0.15, 0.2) is 0 Å². The highest BCUT2D eigenvalue weighted by Gasteiger charge is 2.12. The van der Waals surface area contributed by atoms with Crippen LogP contribution in [-0.4, -0.2) is 24.5 Å². The van der Waals surface area contributed by atoms with Crippen molar-refractivity contribution >= 4 is 39.4 Å². The van der Waals surface area contributed by atoms with E-state index in [9.17, 15) is 9.59 Å². The molecule has 0 radical (unpaired) electrons. The molecule has 0 spiro atoms. The minimum atomic E-state index is -0.297. The SMILES string of the molecule is COc1ccc2c(=O)c(Oc3ccc(C(=O)NCCc4c[nH]c5ccc(Cl)cc45)cc3)coc2c1. The first-order chi connectivity index (χ1) is 17.0. The van der Waals surface area contributed by atoms with Crippen molar-refractivity contribution in [3.8, 4) is 17.2 Å². The number of fused-ring (bicyclic) bond motifs is 2. The zero-order valence-corrected chi connectivity index (χ0v) is 19.5. The van der Waals surface area contributed by atoms with E-state index in [0.29, 0.717) is 46.0 Å². The lowest BCUT2D eigenvalue weighted by Gasteiger charge is -2.08.